The van der Waals surface area contributed by atoms with Crippen molar-refractivity contribution in [3.63, 3.8) is 0 Å². The van der Waals surface area contributed by atoms with Crippen molar-refractivity contribution in [2.75, 3.05) is 0 Å². The fraction of sp³-hybridized carbons (Fsp3) is 0.217. The minimum absolute atomic E-state index is 0.535. The smallest absolute Gasteiger partial charge is 0.00867 e. The highest BCUT2D eigenvalue weighted by Gasteiger charge is 2.10. The van der Waals surface area contributed by atoms with Gasteiger partial charge in [0.25, 0.3) is 0 Å². The van der Waals surface area contributed by atoms with E-state index in [4.69, 9.17) is 0 Å². The minimum atomic E-state index is 0.535. The Morgan fingerprint density at radius 3 is 1.26 bits per heavy atom. The Balaban J connectivity index is 0.000000203. The van der Waals surface area contributed by atoms with Crippen LogP contribution in [0.2, 0.25) is 0 Å². The van der Waals surface area contributed by atoms with Crippen LogP contribution in [0.25, 0.3) is 0 Å². The van der Waals surface area contributed by atoms with E-state index < -0.39 is 0 Å². The van der Waals surface area contributed by atoms with Crippen LogP contribution < -0.4 is 0 Å². The van der Waals surface area contributed by atoms with Crippen molar-refractivity contribution in [3.8, 4) is 0 Å². The molecule has 3 aromatic carbocycles. The summed E-state index contributed by atoms with van der Waals surface area (Å²) >= 11 is 0. The number of benzene rings is 3. The Bertz CT molecular complexity index is 602. The Morgan fingerprint density at radius 1 is 0.565 bits per heavy atom. The van der Waals surface area contributed by atoms with E-state index in [1.54, 1.807) is 0 Å². The van der Waals surface area contributed by atoms with Crippen LogP contribution in [0.3, 0.4) is 0 Å². The van der Waals surface area contributed by atoms with Gasteiger partial charge in [0.05, 0.1) is 0 Å². The summed E-state index contributed by atoms with van der Waals surface area (Å²) in [5.41, 5.74) is 4.23. The van der Waals surface area contributed by atoms with Gasteiger partial charge in [-0.15, -0.1) is 0 Å². The zero-order chi connectivity index (χ0) is 16.3. The van der Waals surface area contributed by atoms with Crippen LogP contribution in [0, 0.1) is 0 Å². The van der Waals surface area contributed by atoms with Gasteiger partial charge in [-0.25, -0.2) is 0 Å². The molecule has 0 saturated heterocycles. The number of rotatable bonds is 4. The van der Waals surface area contributed by atoms with Gasteiger partial charge >= 0.3 is 0 Å². The average Bonchev–Trinajstić information content (AvgIpc) is 2.65. The highest BCUT2D eigenvalue weighted by molar-refractivity contribution is 5.31. The maximum atomic E-state index is 2.24. The molecule has 0 nitrogen and oxygen atoms in total. The fourth-order valence-electron chi connectivity index (χ4n) is 2.75. The van der Waals surface area contributed by atoms with Crippen LogP contribution in [-0.2, 0) is 6.42 Å². The van der Waals surface area contributed by atoms with E-state index in [0.29, 0.717) is 5.92 Å². The quantitative estimate of drug-likeness (QED) is 0.517. The monoisotopic (exact) mass is 302 g/mol. The first-order valence-corrected chi connectivity index (χ1v) is 8.49. The maximum absolute atomic E-state index is 2.24. The second kappa shape index (κ2) is 9.63. The van der Waals surface area contributed by atoms with Gasteiger partial charge in [-0.05, 0) is 29.5 Å². The first kappa shape index (κ1) is 17.0. The molecule has 3 aromatic rings. The molecule has 0 fully saturated rings. The molecule has 3 rings (SSSR count). The molecule has 0 amide bonds. The van der Waals surface area contributed by atoms with Gasteiger partial charge in [0.15, 0.2) is 0 Å². The summed E-state index contributed by atoms with van der Waals surface area (Å²) in [6, 6.07) is 31.9. The predicted molar refractivity (Wildman–Crippen MR) is 101 cm³/mol. The topological polar surface area (TPSA) is 0 Å². The van der Waals surface area contributed by atoms with Gasteiger partial charge in [-0.1, -0.05) is 105 Å². The van der Waals surface area contributed by atoms with Crippen molar-refractivity contribution in [1.29, 1.82) is 0 Å². The number of aryl methyl sites for hydroxylation is 1. The lowest BCUT2D eigenvalue weighted by molar-refractivity contribution is 0.777. The normalized spacial score (nSPS) is 10.0. The summed E-state index contributed by atoms with van der Waals surface area (Å²) in [5, 5.41) is 0. The van der Waals surface area contributed by atoms with Gasteiger partial charge in [0.1, 0.15) is 0 Å². The average molecular weight is 302 g/mol. The Morgan fingerprint density at radius 2 is 0.957 bits per heavy atom. The van der Waals surface area contributed by atoms with Crippen molar-refractivity contribution in [2.45, 2.75) is 32.6 Å². The SMILES string of the molecule is CCC(c1ccccc1)c1ccccc1.CCc1ccccc1. The van der Waals surface area contributed by atoms with Crippen LogP contribution in [0.15, 0.2) is 91.0 Å². The Labute approximate surface area is 140 Å². The first-order chi connectivity index (χ1) is 11.3. The summed E-state index contributed by atoms with van der Waals surface area (Å²) in [6.07, 6.45) is 2.29. The van der Waals surface area contributed by atoms with E-state index in [9.17, 15) is 0 Å². The lowest BCUT2D eigenvalue weighted by Gasteiger charge is -2.15. The molecule has 0 saturated carbocycles. The highest BCUT2D eigenvalue weighted by atomic mass is 14.1. The van der Waals surface area contributed by atoms with Crippen LogP contribution in [0.5, 0.6) is 0 Å². The van der Waals surface area contributed by atoms with Gasteiger partial charge in [-0.3, -0.25) is 0 Å². The lowest BCUT2D eigenvalue weighted by atomic mass is 9.89. The zero-order valence-electron chi connectivity index (χ0n) is 14.2. The molecule has 0 radical (unpaired) electrons. The molecule has 23 heavy (non-hydrogen) atoms. The molecular formula is C23H26. The third-order valence-corrected chi connectivity index (χ3v) is 4.06. The molecular weight excluding hydrogens is 276 g/mol. The molecule has 0 unspecified atom stereocenters. The fourth-order valence-corrected chi connectivity index (χ4v) is 2.75. The highest BCUT2D eigenvalue weighted by Crippen LogP contribution is 2.26. The second-order valence-electron chi connectivity index (χ2n) is 5.62. The van der Waals surface area contributed by atoms with E-state index in [1.807, 2.05) is 6.07 Å². The van der Waals surface area contributed by atoms with E-state index in [0.717, 1.165) is 12.8 Å². The number of hydrogen-bond acceptors (Lipinski definition) is 0. The molecule has 0 aliphatic rings. The van der Waals surface area contributed by atoms with E-state index >= 15 is 0 Å². The van der Waals surface area contributed by atoms with Crippen molar-refractivity contribution >= 4 is 0 Å². The van der Waals surface area contributed by atoms with Crippen molar-refractivity contribution in [3.05, 3.63) is 108 Å². The predicted octanol–water partition coefficient (Wildman–Crippen LogP) is 6.48. The third-order valence-electron chi connectivity index (χ3n) is 4.06. The zero-order valence-corrected chi connectivity index (χ0v) is 14.2. The summed E-state index contributed by atoms with van der Waals surface area (Å²) in [6.45, 7) is 4.40. The van der Waals surface area contributed by atoms with E-state index in [2.05, 4.69) is 98.8 Å². The van der Waals surface area contributed by atoms with Gasteiger partial charge in [0, 0.05) is 5.92 Å². The molecule has 0 atom stereocenters. The molecule has 0 bridgehead atoms. The van der Waals surface area contributed by atoms with Gasteiger partial charge in [0.2, 0.25) is 0 Å². The summed E-state index contributed by atoms with van der Waals surface area (Å²) in [4.78, 5) is 0. The molecule has 0 spiro atoms. The van der Waals surface area contributed by atoms with Crippen molar-refractivity contribution < 1.29 is 0 Å². The maximum Gasteiger partial charge on any atom is 0.00867 e. The van der Waals surface area contributed by atoms with Crippen molar-refractivity contribution in [2.24, 2.45) is 0 Å². The summed E-state index contributed by atoms with van der Waals surface area (Å²) in [5.74, 6) is 0.535. The molecule has 0 N–H and O–H groups in total. The molecule has 118 valence electrons. The van der Waals surface area contributed by atoms with E-state index in [1.165, 1.54) is 16.7 Å². The first-order valence-electron chi connectivity index (χ1n) is 8.49. The minimum Gasteiger partial charge on any atom is -0.0645 e. The summed E-state index contributed by atoms with van der Waals surface area (Å²) in [7, 11) is 0. The van der Waals surface area contributed by atoms with Crippen LogP contribution >= 0.6 is 0 Å². The largest absolute Gasteiger partial charge is 0.0645 e. The summed E-state index contributed by atoms with van der Waals surface area (Å²) < 4.78 is 0. The second-order valence-corrected chi connectivity index (χ2v) is 5.62. The van der Waals surface area contributed by atoms with E-state index in [-0.39, 0.29) is 0 Å². The van der Waals surface area contributed by atoms with Gasteiger partial charge < -0.3 is 0 Å². The number of hydrogen-bond donors (Lipinski definition) is 0. The van der Waals surface area contributed by atoms with Gasteiger partial charge in [-0.2, -0.15) is 0 Å². The van der Waals surface area contributed by atoms with Crippen LogP contribution in [0.1, 0.15) is 42.9 Å². The molecule has 0 heterocycles. The molecule has 0 aliphatic carbocycles. The Kier molecular flexibility index (Phi) is 7.13. The lowest BCUT2D eigenvalue weighted by Crippen LogP contribution is -1.98. The molecule has 0 aliphatic heterocycles. The van der Waals surface area contributed by atoms with Crippen LogP contribution in [-0.4, -0.2) is 0 Å². The standard InChI is InChI=1S/C15H16.C8H10/c1-2-15(13-9-5-3-6-10-13)14-11-7-4-8-12-14;1-2-8-6-4-3-5-7-8/h3-12,15H,2H2,1H3;3-7H,2H2,1H3. The van der Waals surface area contributed by atoms with Crippen LogP contribution in [0.4, 0.5) is 0 Å². The third kappa shape index (κ3) is 5.41. The Hall–Kier alpha value is -2.34. The molecule has 0 heteroatoms. The van der Waals surface area contributed by atoms with Crippen molar-refractivity contribution in [1.82, 2.24) is 0 Å². The molecule has 0 aromatic heterocycles.